The van der Waals surface area contributed by atoms with Gasteiger partial charge in [-0.25, -0.2) is 4.39 Å². The molecule has 1 rings (SSSR count). The number of nitrogens with two attached hydrogens (primary N) is 1. The van der Waals surface area contributed by atoms with E-state index in [9.17, 15) is 4.39 Å². The molecular weight excluding hydrogens is 165 g/mol. The highest BCUT2D eigenvalue weighted by molar-refractivity contribution is 5.27. The van der Waals surface area contributed by atoms with Crippen LogP contribution in [0.2, 0.25) is 0 Å². The lowest BCUT2D eigenvalue weighted by Gasteiger charge is -2.11. The zero-order valence-corrected chi connectivity index (χ0v) is 8.18. The van der Waals surface area contributed by atoms with Crippen LogP contribution in [0.1, 0.15) is 24.5 Å². The van der Waals surface area contributed by atoms with Crippen molar-refractivity contribution in [2.75, 3.05) is 0 Å². The van der Waals surface area contributed by atoms with Crippen molar-refractivity contribution in [1.29, 1.82) is 0 Å². The average molecular weight is 181 g/mol. The molecule has 2 heteroatoms. The van der Waals surface area contributed by atoms with Gasteiger partial charge in [0.15, 0.2) is 0 Å². The molecule has 1 unspecified atom stereocenters. The minimum absolute atomic E-state index is 0.138. The van der Waals surface area contributed by atoms with Crippen LogP contribution >= 0.6 is 0 Å². The SMILES string of the molecule is CCC(N)Cc1cccc(F)c1C. The Morgan fingerprint density at radius 3 is 2.77 bits per heavy atom. The largest absolute Gasteiger partial charge is 0.327 e. The summed E-state index contributed by atoms with van der Waals surface area (Å²) in [6.45, 7) is 3.84. The van der Waals surface area contributed by atoms with Crippen molar-refractivity contribution in [2.24, 2.45) is 5.73 Å². The van der Waals surface area contributed by atoms with Crippen molar-refractivity contribution >= 4 is 0 Å². The third-order valence-electron chi connectivity index (χ3n) is 2.39. The maximum absolute atomic E-state index is 13.1. The fraction of sp³-hybridized carbons (Fsp3) is 0.455. The fourth-order valence-electron chi connectivity index (χ4n) is 1.30. The zero-order valence-electron chi connectivity index (χ0n) is 8.18. The van der Waals surface area contributed by atoms with E-state index in [1.54, 1.807) is 13.0 Å². The molecular formula is C11H16FN. The molecule has 0 bridgehead atoms. The van der Waals surface area contributed by atoms with Gasteiger partial charge in [0.1, 0.15) is 5.82 Å². The lowest BCUT2D eigenvalue weighted by molar-refractivity contribution is 0.604. The van der Waals surface area contributed by atoms with Crippen LogP contribution in [0.15, 0.2) is 18.2 Å². The van der Waals surface area contributed by atoms with Crippen LogP contribution in [-0.2, 0) is 6.42 Å². The van der Waals surface area contributed by atoms with Gasteiger partial charge in [0.05, 0.1) is 0 Å². The summed E-state index contributed by atoms with van der Waals surface area (Å²) in [4.78, 5) is 0. The molecule has 0 aliphatic rings. The Bertz CT molecular complexity index is 283. The zero-order chi connectivity index (χ0) is 9.84. The second kappa shape index (κ2) is 4.38. The van der Waals surface area contributed by atoms with Gasteiger partial charge in [-0.3, -0.25) is 0 Å². The van der Waals surface area contributed by atoms with E-state index in [-0.39, 0.29) is 11.9 Å². The van der Waals surface area contributed by atoms with Crippen LogP contribution in [0.25, 0.3) is 0 Å². The molecule has 0 aliphatic carbocycles. The minimum atomic E-state index is -0.138. The van der Waals surface area contributed by atoms with E-state index >= 15 is 0 Å². The molecule has 2 N–H and O–H groups in total. The summed E-state index contributed by atoms with van der Waals surface area (Å²) in [6.07, 6.45) is 1.69. The number of benzene rings is 1. The Labute approximate surface area is 78.8 Å². The molecule has 0 spiro atoms. The van der Waals surface area contributed by atoms with Crippen LogP contribution in [0.5, 0.6) is 0 Å². The van der Waals surface area contributed by atoms with Crippen molar-refractivity contribution < 1.29 is 4.39 Å². The van der Waals surface area contributed by atoms with Crippen molar-refractivity contribution in [2.45, 2.75) is 32.7 Å². The molecule has 0 radical (unpaired) electrons. The summed E-state index contributed by atoms with van der Waals surface area (Å²) in [5.41, 5.74) is 7.55. The van der Waals surface area contributed by atoms with Gasteiger partial charge in [-0.15, -0.1) is 0 Å². The van der Waals surface area contributed by atoms with Crippen LogP contribution < -0.4 is 5.73 Å². The topological polar surface area (TPSA) is 26.0 Å². The van der Waals surface area contributed by atoms with Crippen molar-refractivity contribution in [1.82, 2.24) is 0 Å². The van der Waals surface area contributed by atoms with Gasteiger partial charge in [0.25, 0.3) is 0 Å². The summed E-state index contributed by atoms with van der Waals surface area (Å²) >= 11 is 0. The first-order chi connectivity index (χ1) is 6.15. The molecule has 1 nitrogen and oxygen atoms in total. The summed E-state index contributed by atoms with van der Waals surface area (Å²) in [5, 5.41) is 0. The molecule has 13 heavy (non-hydrogen) atoms. The van der Waals surface area contributed by atoms with Crippen LogP contribution in [0.4, 0.5) is 4.39 Å². The Morgan fingerprint density at radius 1 is 1.46 bits per heavy atom. The van der Waals surface area contributed by atoms with Gasteiger partial charge < -0.3 is 5.73 Å². The molecule has 0 aliphatic heterocycles. The lowest BCUT2D eigenvalue weighted by atomic mass is 10.00. The molecule has 0 heterocycles. The molecule has 0 saturated carbocycles. The maximum atomic E-state index is 13.1. The van der Waals surface area contributed by atoms with Crippen molar-refractivity contribution in [3.63, 3.8) is 0 Å². The van der Waals surface area contributed by atoms with E-state index in [0.717, 1.165) is 24.0 Å². The first-order valence-corrected chi connectivity index (χ1v) is 4.64. The number of rotatable bonds is 3. The number of hydrogen-bond donors (Lipinski definition) is 1. The predicted molar refractivity (Wildman–Crippen MR) is 53.1 cm³/mol. The van der Waals surface area contributed by atoms with Gasteiger partial charge in [-0.05, 0) is 37.0 Å². The monoisotopic (exact) mass is 181 g/mol. The lowest BCUT2D eigenvalue weighted by Crippen LogP contribution is -2.21. The highest BCUT2D eigenvalue weighted by Crippen LogP contribution is 2.14. The third-order valence-corrected chi connectivity index (χ3v) is 2.39. The molecule has 1 atom stereocenters. The molecule has 1 aromatic rings. The second-order valence-electron chi connectivity index (χ2n) is 3.40. The van der Waals surface area contributed by atoms with Crippen molar-refractivity contribution in [3.8, 4) is 0 Å². The Kier molecular flexibility index (Phi) is 3.43. The first-order valence-electron chi connectivity index (χ1n) is 4.64. The predicted octanol–water partition coefficient (Wildman–Crippen LogP) is 2.41. The van der Waals surface area contributed by atoms with Gasteiger partial charge in [-0.2, -0.15) is 0 Å². The van der Waals surface area contributed by atoms with E-state index in [1.165, 1.54) is 6.07 Å². The van der Waals surface area contributed by atoms with Gasteiger partial charge in [0, 0.05) is 6.04 Å². The Balaban J connectivity index is 2.83. The Hall–Kier alpha value is -0.890. The van der Waals surface area contributed by atoms with Crippen LogP contribution in [0, 0.1) is 12.7 Å². The van der Waals surface area contributed by atoms with Gasteiger partial charge in [-0.1, -0.05) is 19.1 Å². The van der Waals surface area contributed by atoms with Gasteiger partial charge in [0.2, 0.25) is 0 Å². The summed E-state index contributed by atoms with van der Waals surface area (Å²) in [5.74, 6) is -0.138. The molecule has 0 saturated heterocycles. The highest BCUT2D eigenvalue weighted by Gasteiger charge is 2.06. The molecule has 0 fully saturated rings. The number of halogens is 1. The summed E-state index contributed by atoms with van der Waals surface area (Å²) in [6, 6.07) is 5.30. The molecule has 1 aromatic carbocycles. The van der Waals surface area contributed by atoms with E-state index in [4.69, 9.17) is 5.73 Å². The van der Waals surface area contributed by atoms with Crippen molar-refractivity contribution in [3.05, 3.63) is 35.1 Å². The van der Waals surface area contributed by atoms with Crippen LogP contribution in [0.3, 0.4) is 0 Å². The van der Waals surface area contributed by atoms with E-state index in [1.807, 2.05) is 13.0 Å². The smallest absolute Gasteiger partial charge is 0.126 e. The van der Waals surface area contributed by atoms with E-state index < -0.39 is 0 Å². The van der Waals surface area contributed by atoms with E-state index in [0.29, 0.717) is 0 Å². The van der Waals surface area contributed by atoms with Crippen LogP contribution in [-0.4, -0.2) is 6.04 Å². The second-order valence-corrected chi connectivity index (χ2v) is 3.40. The molecule has 0 aromatic heterocycles. The minimum Gasteiger partial charge on any atom is -0.327 e. The highest BCUT2D eigenvalue weighted by atomic mass is 19.1. The van der Waals surface area contributed by atoms with E-state index in [2.05, 4.69) is 0 Å². The summed E-state index contributed by atoms with van der Waals surface area (Å²) in [7, 11) is 0. The Morgan fingerprint density at radius 2 is 2.15 bits per heavy atom. The van der Waals surface area contributed by atoms with Gasteiger partial charge >= 0.3 is 0 Å². The first kappa shape index (κ1) is 10.2. The number of hydrogen-bond acceptors (Lipinski definition) is 1. The maximum Gasteiger partial charge on any atom is 0.126 e. The molecule has 0 amide bonds. The quantitative estimate of drug-likeness (QED) is 0.761. The normalized spacial score (nSPS) is 12.9. The average Bonchev–Trinajstić information content (AvgIpc) is 2.13. The summed E-state index contributed by atoms with van der Waals surface area (Å²) < 4.78 is 13.1. The third kappa shape index (κ3) is 2.52. The molecule has 72 valence electrons. The fourth-order valence-corrected chi connectivity index (χ4v) is 1.30. The standard InChI is InChI=1S/C11H16FN/c1-3-10(13)7-9-5-4-6-11(12)8(9)2/h4-6,10H,3,7,13H2,1-2H3.